The van der Waals surface area contributed by atoms with Gasteiger partial charge in [0.1, 0.15) is 5.02 Å². The second kappa shape index (κ2) is 6.48. The SMILES string of the molecule is CCC(=O)Nc1nn(Cc2ccc(Cl)cc2Cl)cc1Cl. The molecule has 0 radical (unpaired) electrons. The lowest BCUT2D eigenvalue weighted by molar-refractivity contribution is -0.115. The number of aromatic nitrogens is 2. The van der Waals surface area contributed by atoms with E-state index in [2.05, 4.69) is 10.4 Å². The summed E-state index contributed by atoms with van der Waals surface area (Å²) < 4.78 is 1.61. The van der Waals surface area contributed by atoms with E-state index in [-0.39, 0.29) is 5.91 Å². The summed E-state index contributed by atoms with van der Waals surface area (Å²) in [5.74, 6) is 0.213. The fourth-order valence-corrected chi connectivity index (χ4v) is 2.27. The summed E-state index contributed by atoms with van der Waals surface area (Å²) in [4.78, 5) is 11.3. The molecule has 0 bridgehead atoms. The topological polar surface area (TPSA) is 46.9 Å². The van der Waals surface area contributed by atoms with E-state index >= 15 is 0 Å². The Hall–Kier alpha value is -1.23. The van der Waals surface area contributed by atoms with E-state index in [9.17, 15) is 4.79 Å². The van der Waals surface area contributed by atoms with Crippen LogP contribution in [0.4, 0.5) is 5.82 Å². The van der Waals surface area contributed by atoms with Crippen LogP contribution >= 0.6 is 34.8 Å². The summed E-state index contributed by atoms with van der Waals surface area (Å²) >= 11 is 18.0. The summed E-state index contributed by atoms with van der Waals surface area (Å²) in [6.07, 6.45) is 2.00. The third-order valence-corrected chi connectivity index (χ3v) is 3.51. The molecule has 1 N–H and O–H groups in total. The molecule has 0 saturated carbocycles. The highest BCUT2D eigenvalue weighted by atomic mass is 35.5. The zero-order chi connectivity index (χ0) is 14.7. The van der Waals surface area contributed by atoms with E-state index in [0.29, 0.717) is 33.9 Å². The second-order valence-electron chi connectivity index (χ2n) is 4.16. The van der Waals surface area contributed by atoms with E-state index in [1.165, 1.54) is 0 Å². The lowest BCUT2D eigenvalue weighted by atomic mass is 10.2. The molecular weight excluding hydrogens is 321 g/mol. The Morgan fingerprint density at radius 3 is 2.70 bits per heavy atom. The molecule has 0 saturated heterocycles. The quantitative estimate of drug-likeness (QED) is 0.910. The Morgan fingerprint density at radius 2 is 2.05 bits per heavy atom. The van der Waals surface area contributed by atoms with Crippen molar-refractivity contribution in [2.24, 2.45) is 0 Å². The summed E-state index contributed by atoms with van der Waals surface area (Å²) in [7, 11) is 0. The number of hydrogen-bond donors (Lipinski definition) is 1. The van der Waals surface area contributed by atoms with Gasteiger partial charge in [0.15, 0.2) is 5.82 Å². The first-order valence-electron chi connectivity index (χ1n) is 5.96. The summed E-state index contributed by atoms with van der Waals surface area (Å²) in [5.41, 5.74) is 0.864. The number of benzene rings is 1. The Kier molecular flexibility index (Phi) is 4.91. The van der Waals surface area contributed by atoms with E-state index in [1.54, 1.807) is 29.9 Å². The Bertz CT molecular complexity index is 640. The molecule has 20 heavy (non-hydrogen) atoms. The van der Waals surface area contributed by atoms with Gasteiger partial charge in [-0.05, 0) is 17.7 Å². The van der Waals surface area contributed by atoms with Crippen LogP contribution in [0.2, 0.25) is 15.1 Å². The van der Waals surface area contributed by atoms with Gasteiger partial charge >= 0.3 is 0 Å². The smallest absolute Gasteiger partial charge is 0.225 e. The number of carbonyl (C=O) groups is 1. The molecule has 1 amide bonds. The van der Waals surface area contributed by atoms with Crippen molar-refractivity contribution in [1.29, 1.82) is 0 Å². The molecule has 1 heterocycles. The molecule has 0 aliphatic heterocycles. The lowest BCUT2D eigenvalue weighted by Crippen LogP contribution is -2.11. The van der Waals surface area contributed by atoms with Gasteiger partial charge in [-0.1, -0.05) is 47.8 Å². The van der Waals surface area contributed by atoms with Gasteiger partial charge in [-0.15, -0.1) is 0 Å². The van der Waals surface area contributed by atoms with Gasteiger partial charge in [0.25, 0.3) is 0 Å². The fourth-order valence-electron chi connectivity index (χ4n) is 1.61. The van der Waals surface area contributed by atoms with Gasteiger partial charge in [0.05, 0.1) is 6.54 Å². The Labute approximate surface area is 131 Å². The second-order valence-corrected chi connectivity index (χ2v) is 5.41. The minimum Gasteiger partial charge on any atom is -0.308 e. The van der Waals surface area contributed by atoms with Gasteiger partial charge in [0.2, 0.25) is 5.91 Å². The zero-order valence-corrected chi connectivity index (χ0v) is 12.9. The highest BCUT2D eigenvalue weighted by molar-refractivity contribution is 6.35. The largest absolute Gasteiger partial charge is 0.308 e. The third kappa shape index (κ3) is 3.66. The predicted octanol–water partition coefficient (Wildman–Crippen LogP) is 4.24. The number of nitrogens with one attached hydrogen (secondary N) is 1. The molecule has 2 aromatic rings. The number of amides is 1. The van der Waals surface area contributed by atoms with Crippen molar-refractivity contribution in [3.63, 3.8) is 0 Å². The monoisotopic (exact) mass is 331 g/mol. The molecule has 7 heteroatoms. The minimum absolute atomic E-state index is 0.137. The maximum atomic E-state index is 11.3. The van der Waals surface area contributed by atoms with Gasteiger partial charge in [0, 0.05) is 22.7 Å². The van der Waals surface area contributed by atoms with Crippen LogP contribution in [0.5, 0.6) is 0 Å². The molecule has 1 aromatic carbocycles. The molecule has 0 spiro atoms. The first-order chi connectivity index (χ1) is 9.49. The Balaban J connectivity index is 2.18. The number of halogens is 3. The van der Waals surface area contributed by atoms with Crippen LogP contribution in [0.15, 0.2) is 24.4 Å². The van der Waals surface area contributed by atoms with Crippen LogP contribution in [-0.2, 0) is 11.3 Å². The van der Waals surface area contributed by atoms with Gasteiger partial charge in [-0.2, -0.15) is 5.10 Å². The highest BCUT2D eigenvalue weighted by Gasteiger charge is 2.10. The van der Waals surface area contributed by atoms with Gasteiger partial charge in [-0.25, -0.2) is 0 Å². The first kappa shape index (κ1) is 15.2. The van der Waals surface area contributed by atoms with Crippen molar-refractivity contribution in [1.82, 2.24) is 9.78 Å². The standard InChI is InChI=1S/C13H12Cl3N3O/c1-2-12(20)17-13-11(16)7-19(18-13)6-8-3-4-9(14)5-10(8)15/h3-5,7H,2,6H2,1H3,(H,17,18,20). The van der Waals surface area contributed by atoms with Gasteiger partial charge in [-0.3, -0.25) is 9.48 Å². The predicted molar refractivity (Wildman–Crippen MR) is 81.7 cm³/mol. The van der Waals surface area contributed by atoms with Crippen LogP contribution in [0.3, 0.4) is 0 Å². The molecule has 1 aromatic heterocycles. The molecule has 0 aliphatic rings. The average Bonchev–Trinajstić information content (AvgIpc) is 2.73. The number of nitrogens with zero attached hydrogens (tertiary/aromatic N) is 2. The van der Waals surface area contributed by atoms with Crippen molar-refractivity contribution in [3.8, 4) is 0 Å². The molecule has 4 nitrogen and oxygen atoms in total. The lowest BCUT2D eigenvalue weighted by Gasteiger charge is -2.05. The van der Waals surface area contributed by atoms with Crippen molar-refractivity contribution in [2.75, 3.05) is 5.32 Å². The van der Waals surface area contributed by atoms with E-state index in [4.69, 9.17) is 34.8 Å². The normalized spacial score (nSPS) is 10.6. The highest BCUT2D eigenvalue weighted by Crippen LogP contribution is 2.24. The van der Waals surface area contributed by atoms with Crippen molar-refractivity contribution >= 4 is 46.5 Å². The summed E-state index contributed by atoms with van der Waals surface area (Å²) in [6, 6.07) is 5.25. The number of anilines is 1. The first-order valence-corrected chi connectivity index (χ1v) is 7.09. The van der Waals surface area contributed by atoms with Crippen molar-refractivity contribution in [3.05, 3.63) is 45.0 Å². The molecule has 2 rings (SSSR count). The Morgan fingerprint density at radius 1 is 1.30 bits per heavy atom. The number of hydrogen-bond acceptors (Lipinski definition) is 2. The van der Waals surface area contributed by atoms with E-state index in [0.717, 1.165) is 5.56 Å². The number of carbonyl (C=O) groups excluding carboxylic acids is 1. The summed E-state index contributed by atoms with van der Waals surface area (Å²) in [6.45, 7) is 2.20. The average molecular weight is 333 g/mol. The fraction of sp³-hybridized carbons (Fsp3) is 0.231. The van der Waals surface area contributed by atoms with Crippen LogP contribution < -0.4 is 5.32 Å². The van der Waals surface area contributed by atoms with E-state index in [1.807, 2.05) is 6.07 Å². The minimum atomic E-state index is -0.137. The van der Waals surface area contributed by atoms with E-state index < -0.39 is 0 Å². The van der Waals surface area contributed by atoms with Crippen molar-refractivity contribution < 1.29 is 4.79 Å². The van der Waals surface area contributed by atoms with Crippen LogP contribution in [0.25, 0.3) is 0 Å². The van der Waals surface area contributed by atoms with Crippen LogP contribution in [0.1, 0.15) is 18.9 Å². The maximum Gasteiger partial charge on any atom is 0.225 e. The van der Waals surface area contributed by atoms with Crippen molar-refractivity contribution in [2.45, 2.75) is 19.9 Å². The van der Waals surface area contributed by atoms with Crippen LogP contribution in [-0.4, -0.2) is 15.7 Å². The number of rotatable bonds is 4. The zero-order valence-electron chi connectivity index (χ0n) is 10.7. The molecular formula is C13H12Cl3N3O. The third-order valence-electron chi connectivity index (χ3n) is 2.64. The molecule has 0 atom stereocenters. The molecule has 0 fully saturated rings. The molecule has 0 aliphatic carbocycles. The van der Waals surface area contributed by atoms with Gasteiger partial charge < -0.3 is 5.32 Å². The maximum absolute atomic E-state index is 11.3. The summed E-state index contributed by atoms with van der Waals surface area (Å²) in [5, 5.41) is 8.37. The van der Waals surface area contributed by atoms with Crippen LogP contribution in [0, 0.1) is 0 Å². The molecule has 0 unspecified atom stereocenters. The molecule has 106 valence electrons.